The molecule has 16 heavy (non-hydrogen) atoms. The lowest BCUT2D eigenvalue weighted by Crippen LogP contribution is -2.09. The van der Waals surface area contributed by atoms with Crippen LogP contribution in [-0.2, 0) is 10.8 Å². The summed E-state index contributed by atoms with van der Waals surface area (Å²) in [5, 5.41) is 4.01. The maximum Gasteiger partial charge on any atom is 0.183 e. The highest BCUT2D eigenvalue weighted by Crippen LogP contribution is 2.27. The van der Waals surface area contributed by atoms with Gasteiger partial charge in [-0.05, 0) is 18.2 Å². The molecule has 0 amide bonds. The molecular weight excluding hydrogens is 242 g/mol. The van der Waals surface area contributed by atoms with E-state index in [0.29, 0.717) is 12.3 Å². The van der Waals surface area contributed by atoms with Crippen molar-refractivity contribution in [3.05, 3.63) is 18.2 Å². The normalized spacial score (nSPS) is 12.8. The molecule has 0 aliphatic heterocycles. The van der Waals surface area contributed by atoms with Crippen molar-refractivity contribution >= 4 is 43.2 Å². The molecule has 0 aliphatic carbocycles. The first kappa shape index (κ1) is 11.3. The number of nitrogens with two attached hydrogens (primary N) is 1. The molecule has 1 unspecified atom stereocenters. The zero-order chi connectivity index (χ0) is 11.5. The van der Waals surface area contributed by atoms with E-state index in [4.69, 9.17) is 5.73 Å². The maximum absolute atomic E-state index is 10.9. The molecule has 1 aromatic heterocycles. The zero-order valence-corrected chi connectivity index (χ0v) is 10.5. The number of nitrogens with one attached hydrogen (secondary N) is 1. The van der Waals surface area contributed by atoms with E-state index in [0.717, 1.165) is 21.0 Å². The Morgan fingerprint density at radius 2 is 2.38 bits per heavy atom. The van der Waals surface area contributed by atoms with E-state index in [2.05, 4.69) is 10.3 Å². The van der Waals surface area contributed by atoms with Crippen LogP contribution in [0.2, 0.25) is 0 Å². The van der Waals surface area contributed by atoms with Gasteiger partial charge in [0.15, 0.2) is 5.13 Å². The summed E-state index contributed by atoms with van der Waals surface area (Å²) in [6.45, 7) is 0.679. The predicted octanol–water partition coefficient (Wildman–Crippen LogP) is 1.67. The van der Waals surface area contributed by atoms with Crippen LogP contribution in [0.25, 0.3) is 10.2 Å². The highest BCUT2D eigenvalue weighted by Gasteiger charge is 2.03. The fourth-order valence-corrected chi connectivity index (χ4v) is 2.65. The number of anilines is 2. The van der Waals surface area contributed by atoms with Gasteiger partial charge in [-0.1, -0.05) is 11.3 Å². The van der Waals surface area contributed by atoms with Gasteiger partial charge in [-0.15, -0.1) is 0 Å². The molecule has 0 fully saturated rings. The second kappa shape index (κ2) is 4.80. The maximum atomic E-state index is 10.9. The SMILES string of the molecule is CS(=O)CCNc1nc2ccc(N)cc2s1. The van der Waals surface area contributed by atoms with E-state index in [1.807, 2.05) is 18.2 Å². The van der Waals surface area contributed by atoms with Gasteiger partial charge < -0.3 is 11.1 Å². The third-order valence-electron chi connectivity index (χ3n) is 2.08. The molecule has 1 atom stereocenters. The summed E-state index contributed by atoms with van der Waals surface area (Å²) in [4.78, 5) is 4.40. The lowest BCUT2D eigenvalue weighted by atomic mass is 10.3. The molecule has 2 rings (SSSR count). The van der Waals surface area contributed by atoms with Crippen molar-refractivity contribution < 1.29 is 4.21 Å². The molecule has 86 valence electrons. The molecule has 4 nitrogen and oxygen atoms in total. The number of nitrogen functional groups attached to an aromatic ring is 1. The number of aromatic nitrogens is 1. The third-order valence-corrected chi connectivity index (χ3v) is 3.83. The number of hydrogen-bond acceptors (Lipinski definition) is 5. The Kier molecular flexibility index (Phi) is 3.40. The molecule has 0 aliphatic rings. The van der Waals surface area contributed by atoms with Crippen molar-refractivity contribution in [1.82, 2.24) is 4.98 Å². The van der Waals surface area contributed by atoms with Crippen LogP contribution in [0, 0.1) is 0 Å². The van der Waals surface area contributed by atoms with E-state index in [-0.39, 0.29) is 0 Å². The minimum absolute atomic E-state index is 0.637. The number of nitrogens with zero attached hydrogens (tertiary/aromatic N) is 1. The topological polar surface area (TPSA) is 68.0 Å². The van der Waals surface area contributed by atoms with Crippen molar-refractivity contribution in [3.63, 3.8) is 0 Å². The van der Waals surface area contributed by atoms with Crippen LogP contribution in [0.1, 0.15) is 0 Å². The van der Waals surface area contributed by atoms with Gasteiger partial charge in [0.1, 0.15) is 0 Å². The van der Waals surface area contributed by atoms with Crippen LogP contribution in [0.4, 0.5) is 10.8 Å². The van der Waals surface area contributed by atoms with Gasteiger partial charge in [0.05, 0.1) is 10.2 Å². The molecule has 3 N–H and O–H groups in total. The fraction of sp³-hybridized carbons (Fsp3) is 0.300. The minimum Gasteiger partial charge on any atom is -0.399 e. The van der Waals surface area contributed by atoms with E-state index >= 15 is 0 Å². The molecule has 1 aromatic carbocycles. The van der Waals surface area contributed by atoms with Crippen LogP contribution in [0.3, 0.4) is 0 Å². The largest absolute Gasteiger partial charge is 0.399 e. The first-order valence-electron chi connectivity index (χ1n) is 4.85. The molecule has 0 saturated heterocycles. The van der Waals surface area contributed by atoms with Crippen molar-refractivity contribution in [3.8, 4) is 0 Å². The van der Waals surface area contributed by atoms with Gasteiger partial charge in [0.25, 0.3) is 0 Å². The Labute approximate surface area is 100 Å². The molecule has 6 heteroatoms. The van der Waals surface area contributed by atoms with Crippen molar-refractivity contribution in [1.29, 1.82) is 0 Å². The summed E-state index contributed by atoms with van der Waals surface area (Å²) in [6.07, 6.45) is 1.70. The Hall–Kier alpha value is -1.14. The summed E-state index contributed by atoms with van der Waals surface area (Å²) >= 11 is 1.56. The molecular formula is C10H13N3OS2. The smallest absolute Gasteiger partial charge is 0.183 e. The van der Waals surface area contributed by atoms with Crippen LogP contribution in [0.15, 0.2) is 18.2 Å². The quantitative estimate of drug-likeness (QED) is 0.815. The lowest BCUT2D eigenvalue weighted by molar-refractivity contribution is 0.687. The van der Waals surface area contributed by atoms with Crippen molar-refractivity contribution in [2.75, 3.05) is 29.6 Å². The van der Waals surface area contributed by atoms with Crippen molar-refractivity contribution in [2.45, 2.75) is 0 Å². The number of hydrogen-bond donors (Lipinski definition) is 2. The summed E-state index contributed by atoms with van der Waals surface area (Å²) in [5.41, 5.74) is 7.38. The summed E-state index contributed by atoms with van der Waals surface area (Å²) in [6, 6.07) is 5.66. The van der Waals surface area contributed by atoms with Crippen LogP contribution in [-0.4, -0.2) is 27.7 Å². The highest BCUT2D eigenvalue weighted by atomic mass is 32.2. The summed E-state index contributed by atoms with van der Waals surface area (Å²) in [7, 11) is -0.766. The average molecular weight is 255 g/mol. The van der Waals surface area contributed by atoms with Crippen LogP contribution >= 0.6 is 11.3 Å². The van der Waals surface area contributed by atoms with Gasteiger partial charge in [-0.2, -0.15) is 0 Å². The number of fused-ring (bicyclic) bond motifs is 1. The van der Waals surface area contributed by atoms with E-state index in [1.165, 1.54) is 0 Å². The minimum atomic E-state index is -0.766. The van der Waals surface area contributed by atoms with Gasteiger partial charge in [-0.3, -0.25) is 4.21 Å². The summed E-state index contributed by atoms with van der Waals surface area (Å²) < 4.78 is 12.0. The third kappa shape index (κ3) is 2.70. The highest BCUT2D eigenvalue weighted by molar-refractivity contribution is 7.84. The zero-order valence-electron chi connectivity index (χ0n) is 8.90. The molecule has 0 saturated carbocycles. The Bertz CT molecular complexity index is 524. The van der Waals surface area contributed by atoms with Crippen LogP contribution < -0.4 is 11.1 Å². The fourth-order valence-electron chi connectivity index (χ4n) is 1.32. The van der Waals surface area contributed by atoms with Gasteiger partial charge in [0.2, 0.25) is 0 Å². The Morgan fingerprint density at radius 3 is 3.12 bits per heavy atom. The van der Waals surface area contributed by atoms with E-state index < -0.39 is 10.8 Å². The first-order chi connectivity index (χ1) is 7.65. The second-order valence-electron chi connectivity index (χ2n) is 3.45. The number of thiazole rings is 1. The predicted molar refractivity (Wildman–Crippen MR) is 71.5 cm³/mol. The molecule has 0 bridgehead atoms. The number of rotatable bonds is 4. The van der Waals surface area contributed by atoms with Crippen LogP contribution in [0.5, 0.6) is 0 Å². The monoisotopic (exact) mass is 255 g/mol. The first-order valence-corrected chi connectivity index (χ1v) is 7.39. The van der Waals surface area contributed by atoms with Gasteiger partial charge >= 0.3 is 0 Å². The molecule has 0 spiro atoms. The van der Waals surface area contributed by atoms with Gasteiger partial charge in [0, 0.05) is 35.0 Å². The second-order valence-corrected chi connectivity index (χ2v) is 6.04. The summed E-state index contributed by atoms with van der Waals surface area (Å²) in [5.74, 6) is 0.637. The molecule has 1 heterocycles. The Balaban J connectivity index is 2.10. The Morgan fingerprint density at radius 1 is 1.56 bits per heavy atom. The standard InChI is InChI=1S/C10H13N3OS2/c1-16(14)5-4-12-10-13-8-3-2-7(11)6-9(8)15-10/h2-3,6H,4-5,11H2,1H3,(H,12,13). The van der Waals surface area contributed by atoms with Crippen molar-refractivity contribution in [2.24, 2.45) is 0 Å². The van der Waals surface area contributed by atoms with E-state index in [1.54, 1.807) is 17.6 Å². The molecule has 2 aromatic rings. The average Bonchev–Trinajstić information content (AvgIpc) is 2.58. The number of benzene rings is 1. The molecule has 0 radical (unpaired) electrons. The lowest BCUT2D eigenvalue weighted by Gasteiger charge is -1.98. The van der Waals surface area contributed by atoms with Gasteiger partial charge in [-0.25, -0.2) is 4.98 Å². The van der Waals surface area contributed by atoms with E-state index in [9.17, 15) is 4.21 Å².